The number of benzene rings is 1. The summed E-state index contributed by atoms with van der Waals surface area (Å²) < 4.78 is 59.3. The zero-order chi connectivity index (χ0) is 16.0. The van der Waals surface area contributed by atoms with Crippen LogP contribution in [0, 0.1) is 0 Å². The van der Waals surface area contributed by atoms with Crippen LogP contribution < -0.4 is 10.1 Å². The fourth-order valence-corrected chi connectivity index (χ4v) is 1.81. The van der Waals surface area contributed by atoms with Gasteiger partial charge in [0.1, 0.15) is 12.4 Å². The first-order chi connectivity index (χ1) is 9.81. The second-order valence-electron chi connectivity index (χ2n) is 4.31. The van der Waals surface area contributed by atoms with Gasteiger partial charge in [0.05, 0.1) is 24.8 Å². The number of alkyl halides is 4. The van der Waals surface area contributed by atoms with Crippen molar-refractivity contribution in [2.45, 2.75) is 18.4 Å². The molecule has 21 heavy (non-hydrogen) atoms. The van der Waals surface area contributed by atoms with Gasteiger partial charge in [-0.25, -0.2) is 8.78 Å². The van der Waals surface area contributed by atoms with E-state index < -0.39 is 25.0 Å². The van der Waals surface area contributed by atoms with Gasteiger partial charge < -0.3 is 14.8 Å². The zero-order valence-electron chi connectivity index (χ0n) is 11.5. The van der Waals surface area contributed by atoms with Crippen LogP contribution in [0.5, 0.6) is 5.75 Å². The lowest BCUT2D eigenvalue weighted by Gasteiger charge is -2.20. The minimum absolute atomic E-state index is 0.191. The molecule has 1 aromatic rings. The lowest BCUT2D eigenvalue weighted by Crippen LogP contribution is -2.34. The average molecular weight is 330 g/mol. The summed E-state index contributed by atoms with van der Waals surface area (Å²) in [5, 5.41) is 3.25. The largest absolute Gasteiger partial charge is 0.495 e. The van der Waals surface area contributed by atoms with Crippen LogP contribution in [0.4, 0.5) is 17.6 Å². The van der Waals surface area contributed by atoms with Crippen LogP contribution in [-0.4, -0.2) is 39.7 Å². The van der Waals surface area contributed by atoms with Crippen LogP contribution >= 0.6 is 11.6 Å². The molecule has 8 heteroatoms. The van der Waals surface area contributed by atoms with Gasteiger partial charge in [-0.3, -0.25) is 0 Å². The Morgan fingerprint density at radius 1 is 1.33 bits per heavy atom. The maximum atomic E-state index is 12.7. The highest BCUT2D eigenvalue weighted by Crippen LogP contribution is 2.28. The topological polar surface area (TPSA) is 30.5 Å². The standard InChI is InChI=1S/C13H16ClF4NO2/c1-19-10(6-21-7-13(17,18)12(15)16)8-3-4-9(14)11(5-8)20-2/h3-5,10,12,19H,6-7H2,1-2H3. The maximum absolute atomic E-state index is 12.7. The zero-order valence-corrected chi connectivity index (χ0v) is 12.3. The maximum Gasteiger partial charge on any atom is 0.330 e. The Morgan fingerprint density at radius 2 is 2.00 bits per heavy atom. The van der Waals surface area contributed by atoms with Gasteiger partial charge in [-0.2, -0.15) is 8.78 Å². The third kappa shape index (κ3) is 5.01. The normalized spacial score (nSPS) is 13.5. The number of rotatable bonds is 8. The number of methoxy groups -OCH3 is 1. The molecule has 0 radical (unpaired) electrons. The number of nitrogens with one attached hydrogen (secondary N) is 1. The Hall–Kier alpha value is -1.05. The molecule has 0 heterocycles. The van der Waals surface area contributed by atoms with Gasteiger partial charge in [0, 0.05) is 0 Å². The van der Waals surface area contributed by atoms with Crippen molar-refractivity contribution in [3.8, 4) is 5.75 Å². The lowest BCUT2D eigenvalue weighted by atomic mass is 10.1. The molecule has 1 unspecified atom stereocenters. The van der Waals surface area contributed by atoms with Gasteiger partial charge in [-0.05, 0) is 24.7 Å². The molecule has 0 spiro atoms. The lowest BCUT2D eigenvalue weighted by molar-refractivity contribution is -0.167. The molecule has 1 rings (SSSR count). The van der Waals surface area contributed by atoms with Crippen molar-refractivity contribution in [3.05, 3.63) is 28.8 Å². The van der Waals surface area contributed by atoms with Crippen molar-refractivity contribution in [1.29, 1.82) is 0 Å². The first-order valence-electron chi connectivity index (χ1n) is 6.06. The van der Waals surface area contributed by atoms with Gasteiger partial charge in [0.25, 0.3) is 0 Å². The number of hydrogen-bond donors (Lipinski definition) is 1. The van der Waals surface area contributed by atoms with E-state index in [1.165, 1.54) is 7.11 Å². The van der Waals surface area contributed by atoms with E-state index in [0.717, 1.165) is 0 Å². The molecule has 0 aromatic heterocycles. The Kier molecular flexibility index (Phi) is 6.70. The molecule has 120 valence electrons. The Labute approximate surface area is 125 Å². The molecular weight excluding hydrogens is 314 g/mol. The van der Waals surface area contributed by atoms with E-state index in [4.69, 9.17) is 21.1 Å². The Balaban J connectivity index is 2.67. The second-order valence-corrected chi connectivity index (χ2v) is 4.72. The third-order valence-electron chi connectivity index (χ3n) is 2.82. The van der Waals surface area contributed by atoms with Crippen molar-refractivity contribution >= 4 is 11.6 Å². The van der Waals surface area contributed by atoms with Crippen LogP contribution in [0.15, 0.2) is 18.2 Å². The predicted octanol–water partition coefficient (Wildman–Crippen LogP) is 3.53. The minimum atomic E-state index is -4.16. The summed E-state index contributed by atoms with van der Waals surface area (Å²) in [7, 11) is 3.04. The first-order valence-corrected chi connectivity index (χ1v) is 6.44. The third-order valence-corrected chi connectivity index (χ3v) is 3.14. The number of hydrogen-bond acceptors (Lipinski definition) is 3. The number of likely N-dealkylation sites (N-methyl/N-ethyl adjacent to an activating group) is 1. The molecule has 0 saturated carbocycles. The van der Waals surface area contributed by atoms with Crippen molar-refractivity contribution in [2.24, 2.45) is 0 Å². The smallest absolute Gasteiger partial charge is 0.330 e. The van der Waals surface area contributed by atoms with Crippen LogP contribution in [0.25, 0.3) is 0 Å². The van der Waals surface area contributed by atoms with Crippen molar-refractivity contribution in [2.75, 3.05) is 27.4 Å². The van der Waals surface area contributed by atoms with E-state index >= 15 is 0 Å². The molecule has 1 N–H and O–H groups in total. The van der Waals surface area contributed by atoms with E-state index in [0.29, 0.717) is 16.3 Å². The molecule has 1 atom stereocenters. The van der Waals surface area contributed by atoms with Gasteiger partial charge >= 0.3 is 12.3 Å². The van der Waals surface area contributed by atoms with E-state index in [-0.39, 0.29) is 6.61 Å². The fraction of sp³-hybridized carbons (Fsp3) is 0.538. The van der Waals surface area contributed by atoms with Gasteiger partial charge in [0.15, 0.2) is 0 Å². The molecule has 0 bridgehead atoms. The number of halogens is 5. The molecule has 1 aromatic carbocycles. The molecule has 0 aliphatic rings. The van der Waals surface area contributed by atoms with Gasteiger partial charge in [-0.15, -0.1) is 0 Å². The summed E-state index contributed by atoms with van der Waals surface area (Å²) in [5.41, 5.74) is 0.680. The molecule has 0 amide bonds. The summed E-state index contributed by atoms with van der Waals surface area (Å²) >= 11 is 5.88. The monoisotopic (exact) mass is 329 g/mol. The molecule has 0 aliphatic heterocycles. The second kappa shape index (κ2) is 7.82. The van der Waals surface area contributed by atoms with Crippen LogP contribution in [0.3, 0.4) is 0 Å². The molecule has 0 saturated heterocycles. The van der Waals surface area contributed by atoms with E-state index in [1.54, 1.807) is 25.2 Å². The van der Waals surface area contributed by atoms with Crippen molar-refractivity contribution < 1.29 is 27.0 Å². The summed E-state index contributed by atoms with van der Waals surface area (Å²) in [6.07, 6.45) is -3.75. The van der Waals surface area contributed by atoms with Crippen molar-refractivity contribution in [1.82, 2.24) is 5.32 Å². The minimum Gasteiger partial charge on any atom is -0.495 e. The van der Waals surface area contributed by atoms with Gasteiger partial charge in [0.2, 0.25) is 0 Å². The Morgan fingerprint density at radius 3 is 2.52 bits per heavy atom. The first kappa shape index (κ1) is 18.0. The quantitative estimate of drug-likeness (QED) is 0.740. The highest BCUT2D eigenvalue weighted by Gasteiger charge is 2.41. The van der Waals surface area contributed by atoms with Crippen LogP contribution in [0.1, 0.15) is 11.6 Å². The molecule has 0 aliphatic carbocycles. The average Bonchev–Trinajstić information content (AvgIpc) is 2.44. The summed E-state index contributed by atoms with van der Waals surface area (Å²) in [4.78, 5) is 0. The molecule has 0 fully saturated rings. The SMILES string of the molecule is CNC(COCC(F)(F)C(F)F)c1ccc(Cl)c(OC)c1. The van der Waals surface area contributed by atoms with Crippen LogP contribution in [-0.2, 0) is 4.74 Å². The number of ether oxygens (including phenoxy) is 2. The van der Waals surface area contributed by atoms with Gasteiger partial charge in [-0.1, -0.05) is 17.7 Å². The predicted molar refractivity (Wildman–Crippen MR) is 71.6 cm³/mol. The summed E-state index contributed by atoms with van der Waals surface area (Å²) in [6, 6.07) is 4.43. The van der Waals surface area contributed by atoms with Crippen molar-refractivity contribution in [3.63, 3.8) is 0 Å². The Bertz CT molecular complexity index is 460. The molecule has 3 nitrogen and oxygen atoms in total. The van der Waals surface area contributed by atoms with E-state index in [2.05, 4.69) is 5.32 Å². The summed E-state index contributed by atoms with van der Waals surface area (Å²) in [6.45, 7) is -1.53. The highest BCUT2D eigenvalue weighted by molar-refractivity contribution is 6.32. The van der Waals surface area contributed by atoms with E-state index in [1.807, 2.05) is 0 Å². The highest BCUT2D eigenvalue weighted by atomic mass is 35.5. The molecular formula is C13H16ClF4NO2. The summed E-state index contributed by atoms with van der Waals surface area (Å²) in [5.74, 6) is -3.73. The fourth-order valence-electron chi connectivity index (χ4n) is 1.62. The van der Waals surface area contributed by atoms with Crippen LogP contribution in [0.2, 0.25) is 5.02 Å². The van der Waals surface area contributed by atoms with E-state index in [9.17, 15) is 17.6 Å².